The summed E-state index contributed by atoms with van der Waals surface area (Å²) in [6, 6.07) is -0.739. The largest absolute Gasteiger partial charge is 0.461 e. The quantitative estimate of drug-likeness (QED) is 0.0245. The molecular formula is C59H103NO5. The van der Waals surface area contributed by atoms with Crippen LogP contribution >= 0.6 is 0 Å². The van der Waals surface area contributed by atoms with Gasteiger partial charge in [-0.2, -0.15) is 0 Å². The monoisotopic (exact) mass is 906 g/mol. The van der Waals surface area contributed by atoms with Gasteiger partial charge in [0, 0.05) is 12.8 Å². The van der Waals surface area contributed by atoms with E-state index in [1.807, 2.05) is 12.2 Å². The summed E-state index contributed by atoms with van der Waals surface area (Å²) in [5, 5.41) is 23.8. The van der Waals surface area contributed by atoms with E-state index in [4.69, 9.17) is 4.74 Å². The van der Waals surface area contributed by atoms with Crippen molar-refractivity contribution in [3.8, 4) is 0 Å². The van der Waals surface area contributed by atoms with Gasteiger partial charge in [0.05, 0.1) is 25.2 Å². The number of hydrogen-bond donors (Lipinski definition) is 3. The lowest BCUT2D eigenvalue weighted by atomic mass is 10.0. The second-order valence-corrected chi connectivity index (χ2v) is 18.3. The third kappa shape index (κ3) is 47.3. The van der Waals surface area contributed by atoms with Crippen molar-refractivity contribution in [1.82, 2.24) is 5.32 Å². The molecule has 65 heavy (non-hydrogen) atoms. The predicted octanol–water partition coefficient (Wildman–Crippen LogP) is 16.7. The van der Waals surface area contributed by atoms with E-state index in [-0.39, 0.29) is 24.9 Å². The van der Waals surface area contributed by atoms with E-state index in [2.05, 4.69) is 99.0 Å². The zero-order valence-electron chi connectivity index (χ0n) is 42.6. The average molecular weight is 906 g/mol. The number of carbonyl (C=O) groups is 2. The number of amides is 1. The number of aliphatic hydroxyl groups is 2. The van der Waals surface area contributed by atoms with Crippen LogP contribution in [0.15, 0.2) is 85.1 Å². The van der Waals surface area contributed by atoms with Gasteiger partial charge in [0.1, 0.15) is 6.10 Å². The highest BCUT2D eigenvalue weighted by atomic mass is 16.5. The van der Waals surface area contributed by atoms with E-state index in [1.54, 1.807) is 0 Å². The molecule has 0 aliphatic carbocycles. The summed E-state index contributed by atoms with van der Waals surface area (Å²) >= 11 is 0. The Kier molecular flexibility index (Phi) is 49.6. The number of aliphatic hydroxyl groups excluding tert-OH is 2. The fourth-order valence-corrected chi connectivity index (χ4v) is 7.86. The van der Waals surface area contributed by atoms with Gasteiger partial charge in [0.25, 0.3) is 0 Å². The van der Waals surface area contributed by atoms with Crippen LogP contribution in [0.25, 0.3) is 0 Å². The van der Waals surface area contributed by atoms with E-state index in [0.717, 1.165) is 89.9 Å². The van der Waals surface area contributed by atoms with Crippen molar-refractivity contribution in [3.63, 3.8) is 0 Å². The molecule has 0 rings (SSSR count). The molecule has 0 fully saturated rings. The van der Waals surface area contributed by atoms with Crippen molar-refractivity contribution < 1.29 is 24.5 Å². The van der Waals surface area contributed by atoms with Crippen LogP contribution in [0.5, 0.6) is 0 Å². The molecule has 3 N–H and O–H groups in total. The van der Waals surface area contributed by atoms with Gasteiger partial charge in [0.2, 0.25) is 5.91 Å². The zero-order valence-corrected chi connectivity index (χ0v) is 42.6. The number of hydrogen-bond acceptors (Lipinski definition) is 5. The Labute approximate surface area is 402 Å². The van der Waals surface area contributed by atoms with Crippen LogP contribution in [0.3, 0.4) is 0 Å². The van der Waals surface area contributed by atoms with E-state index in [0.29, 0.717) is 19.3 Å². The second kappa shape index (κ2) is 52.0. The number of ether oxygens (including phenoxy) is 1. The Morgan fingerprint density at radius 1 is 0.492 bits per heavy atom. The zero-order chi connectivity index (χ0) is 47.4. The molecule has 0 saturated heterocycles. The molecule has 3 unspecified atom stereocenters. The Balaban J connectivity index is 4.72. The van der Waals surface area contributed by atoms with Gasteiger partial charge >= 0.3 is 5.97 Å². The molecule has 0 spiro atoms. The van der Waals surface area contributed by atoms with Gasteiger partial charge in [-0.1, -0.05) is 247 Å². The molecule has 1 amide bonds. The van der Waals surface area contributed by atoms with Gasteiger partial charge in [-0.25, -0.2) is 0 Å². The fourth-order valence-electron chi connectivity index (χ4n) is 7.86. The maximum Gasteiger partial charge on any atom is 0.306 e. The molecule has 0 radical (unpaired) electrons. The molecule has 0 aliphatic rings. The highest BCUT2D eigenvalue weighted by Gasteiger charge is 2.23. The molecule has 0 aromatic heterocycles. The Morgan fingerprint density at radius 3 is 1.34 bits per heavy atom. The molecular weight excluding hydrogens is 803 g/mol. The first-order valence-electron chi connectivity index (χ1n) is 27.3. The van der Waals surface area contributed by atoms with Crippen LogP contribution < -0.4 is 5.32 Å². The molecule has 0 aromatic rings. The minimum absolute atomic E-state index is 0.0101. The number of carbonyl (C=O) groups excluding carboxylic acids is 2. The standard InChI is InChI=1S/C59H103NO5/c1-4-7-10-13-16-19-22-25-27-28-29-31-34-37-40-43-46-49-52-59(64)65-55(50-47-44-41-38-35-33-30-26-23-20-17-14-11-8-5-2)53-58(63)60-56(54-61)57(62)51-48-45-42-39-36-32-24-21-18-15-12-9-6-3/h8,11,17,20,26-31,35,38,44,47,55-57,61-62H,4-7,9-10,12-16,18-19,21-25,32-34,36-37,39-43,45-46,48-54H2,1-3H3,(H,60,63)/b11-8-,20-17-,28-27+,30-26-,31-29+,38-35-,47-44-. The molecule has 0 aliphatic heterocycles. The lowest BCUT2D eigenvalue weighted by Gasteiger charge is -2.24. The SMILES string of the molecule is CC/C=C\C/C=C\C/C=C\C/C=C\C/C=C\CC(CC(=O)NC(CO)C(O)CCCCCCCCCCCCCCC)OC(=O)CCCCCCC/C=C/C=C/CCCCCCCCC. The van der Waals surface area contributed by atoms with Crippen LogP contribution in [-0.2, 0) is 14.3 Å². The topological polar surface area (TPSA) is 95.9 Å². The molecule has 0 bridgehead atoms. The first kappa shape index (κ1) is 62.0. The molecule has 6 nitrogen and oxygen atoms in total. The van der Waals surface area contributed by atoms with Crippen molar-refractivity contribution in [2.45, 2.75) is 270 Å². The Bertz CT molecular complexity index is 1250. The number of esters is 1. The summed E-state index contributed by atoms with van der Waals surface area (Å²) in [6.07, 6.45) is 68.0. The fraction of sp³-hybridized carbons (Fsp3) is 0.729. The molecule has 0 heterocycles. The maximum absolute atomic E-state index is 13.2. The summed E-state index contributed by atoms with van der Waals surface area (Å²) in [4.78, 5) is 26.2. The van der Waals surface area contributed by atoms with Crippen LogP contribution in [0.4, 0.5) is 0 Å². The number of nitrogens with one attached hydrogen (secondary N) is 1. The summed E-state index contributed by atoms with van der Waals surface area (Å²) in [5.41, 5.74) is 0. The number of unbranched alkanes of at least 4 members (excludes halogenated alkanes) is 24. The van der Waals surface area contributed by atoms with Crippen molar-refractivity contribution in [3.05, 3.63) is 85.1 Å². The number of rotatable bonds is 48. The molecule has 0 aromatic carbocycles. The van der Waals surface area contributed by atoms with Crippen molar-refractivity contribution in [1.29, 1.82) is 0 Å². The summed E-state index contributed by atoms with van der Waals surface area (Å²) in [5.74, 6) is -0.598. The van der Waals surface area contributed by atoms with Gasteiger partial charge in [0.15, 0.2) is 0 Å². The average Bonchev–Trinajstić information content (AvgIpc) is 3.30. The van der Waals surface area contributed by atoms with Gasteiger partial charge in [-0.3, -0.25) is 9.59 Å². The second-order valence-electron chi connectivity index (χ2n) is 18.3. The minimum atomic E-state index is -0.818. The highest BCUT2D eigenvalue weighted by Crippen LogP contribution is 2.16. The van der Waals surface area contributed by atoms with Gasteiger partial charge < -0.3 is 20.3 Å². The smallest absolute Gasteiger partial charge is 0.306 e. The minimum Gasteiger partial charge on any atom is -0.461 e. The van der Waals surface area contributed by atoms with E-state index in [1.165, 1.54) is 116 Å². The lowest BCUT2D eigenvalue weighted by Crippen LogP contribution is -2.46. The maximum atomic E-state index is 13.2. The molecule has 374 valence electrons. The third-order valence-electron chi connectivity index (χ3n) is 12.0. The van der Waals surface area contributed by atoms with E-state index >= 15 is 0 Å². The van der Waals surface area contributed by atoms with E-state index in [9.17, 15) is 19.8 Å². The van der Waals surface area contributed by atoms with Crippen LogP contribution in [0, 0.1) is 0 Å². The van der Waals surface area contributed by atoms with Crippen molar-refractivity contribution >= 4 is 11.9 Å². The molecule has 0 saturated carbocycles. The molecule has 3 atom stereocenters. The normalized spacial score (nSPS) is 13.9. The predicted molar refractivity (Wildman–Crippen MR) is 282 cm³/mol. The van der Waals surface area contributed by atoms with Crippen molar-refractivity contribution in [2.24, 2.45) is 0 Å². The lowest BCUT2D eigenvalue weighted by molar-refractivity contribution is -0.150. The van der Waals surface area contributed by atoms with Crippen LogP contribution in [-0.4, -0.2) is 46.9 Å². The van der Waals surface area contributed by atoms with Crippen LogP contribution in [0.2, 0.25) is 0 Å². The first-order chi connectivity index (χ1) is 32.0. The third-order valence-corrected chi connectivity index (χ3v) is 12.0. The Morgan fingerprint density at radius 2 is 0.892 bits per heavy atom. The summed E-state index contributed by atoms with van der Waals surface area (Å²) in [6.45, 7) is 6.34. The van der Waals surface area contributed by atoms with Crippen LogP contribution in [0.1, 0.15) is 252 Å². The highest BCUT2D eigenvalue weighted by molar-refractivity contribution is 5.77. The van der Waals surface area contributed by atoms with Gasteiger partial charge in [-0.15, -0.1) is 0 Å². The summed E-state index contributed by atoms with van der Waals surface area (Å²) in [7, 11) is 0. The van der Waals surface area contributed by atoms with Crippen molar-refractivity contribution in [2.75, 3.05) is 6.61 Å². The van der Waals surface area contributed by atoms with Gasteiger partial charge in [-0.05, 0) is 70.6 Å². The molecule has 6 heteroatoms. The Hall–Kier alpha value is -2.96. The first-order valence-corrected chi connectivity index (χ1v) is 27.3. The number of allylic oxidation sites excluding steroid dienone is 13. The summed E-state index contributed by atoms with van der Waals surface area (Å²) < 4.78 is 5.87. The van der Waals surface area contributed by atoms with E-state index < -0.39 is 18.2 Å².